The monoisotopic (exact) mass is 374 g/mol. The largest absolute Gasteiger partial charge is 0.487 e. The van der Waals surface area contributed by atoms with Crippen molar-refractivity contribution in [3.63, 3.8) is 0 Å². The van der Waals surface area contributed by atoms with Crippen LogP contribution in [-0.2, 0) is 6.61 Å². The molecule has 0 aliphatic heterocycles. The molecule has 1 aliphatic carbocycles. The highest BCUT2D eigenvalue weighted by Gasteiger charge is 2.25. The Labute approximate surface area is 165 Å². The molecule has 0 amide bonds. The minimum absolute atomic E-state index is 0.241. The van der Waals surface area contributed by atoms with Crippen LogP contribution < -0.4 is 4.74 Å². The maximum atomic E-state index is 11.5. The summed E-state index contributed by atoms with van der Waals surface area (Å²) in [6.07, 6.45) is 7.16. The first kappa shape index (κ1) is 18.6. The molecule has 0 N–H and O–H groups in total. The maximum Gasteiger partial charge on any atom is 0.130 e. The number of pyridine rings is 1. The van der Waals surface area contributed by atoms with Crippen LogP contribution in [0.25, 0.3) is 10.9 Å². The van der Waals surface area contributed by atoms with E-state index in [1.165, 1.54) is 25.7 Å². The highest BCUT2D eigenvalue weighted by Crippen LogP contribution is 2.36. The second kappa shape index (κ2) is 8.96. The fourth-order valence-corrected chi connectivity index (χ4v) is 4.15. The van der Waals surface area contributed by atoms with Crippen LogP contribution in [0.3, 0.4) is 0 Å². The number of para-hydroxylation sites is 1. The third-order valence-corrected chi connectivity index (χ3v) is 5.72. The molecule has 1 heterocycles. The van der Waals surface area contributed by atoms with Gasteiger partial charge in [0.2, 0.25) is 0 Å². The highest BCUT2D eigenvalue weighted by atomic mass is 16.5. The SMILES string of the molecule is O=NC(c1ccc(OCc2ccc3ccccc3n2)cc1)C1CCCCCC1. The Hall–Kier alpha value is -2.75. The van der Waals surface area contributed by atoms with Crippen LogP contribution in [-0.4, -0.2) is 4.98 Å². The Balaban J connectivity index is 1.41. The quantitative estimate of drug-likeness (QED) is 0.361. The van der Waals surface area contributed by atoms with E-state index in [2.05, 4.69) is 22.3 Å². The lowest BCUT2D eigenvalue weighted by Gasteiger charge is -2.20. The predicted molar refractivity (Wildman–Crippen MR) is 112 cm³/mol. The van der Waals surface area contributed by atoms with Crippen molar-refractivity contribution >= 4 is 10.9 Å². The van der Waals surface area contributed by atoms with Crippen molar-refractivity contribution in [3.8, 4) is 5.75 Å². The number of fused-ring (bicyclic) bond motifs is 1. The molecular weight excluding hydrogens is 348 g/mol. The van der Waals surface area contributed by atoms with Gasteiger partial charge in [0.1, 0.15) is 18.4 Å². The molecule has 28 heavy (non-hydrogen) atoms. The van der Waals surface area contributed by atoms with Crippen molar-refractivity contribution in [1.82, 2.24) is 4.98 Å². The van der Waals surface area contributed by atoms with E-state index in [4.69, 9.17) is 4.74 Å². The van der Waals surface area contributed by atoms with Gasteiger partial charge in [-0.3, -0.25) is 0 Å². The fourth-order valence-electron chi connectivity index (χ4n) is 4.15. The number of ether oxygens (including phenoxy) is 1. The van der Waals surface area contributed by atoms with Gasteiger partial charge in [-0.2, -0.15) is 4.91 Å². The zero-order chi connectivity index (χ0) is 19.2. The summed E-state index contributed by atoms with van der Waals surface area (Å²) < 4.78 is 5.90. The van der Waals surface area contributed by atoms with Crippen molar-refractivity contribution < 1.29 is 4.74 Å². The fraction of sp³-hybridized carbons (Fsp3) is 0.375. The molecule has 3 aromatic rings. The minimum atomic E-state index is -0.241. The standard InChI is InChI=1S/C24H26N2O2/c27-26-24(19-8-3-1-2-4-9-19)20-12-15-22(16-13-20)28-17-21-14-11-18-7-5-6-10-23(18)25-21/h5-7,10-16,19,24H,1-4,8-9,17H2. The Kier molecular flexibility index (Phi) is 5.95. The molecule has 1 aromatic heterocycles. The second-order valence-corrected chi connectivity index (χ2v) is 7.65. The summed E-state index contributed by atoms with van der Waals surface area (Å²) in [6, 6.07) is 19.7. The van der Waals surface area contributed by atoms with Gasteiger partial charge in [0.25, 0.3) is 0 Å². The van der Waals surface area contributed by atoms with E-state index >= 15 is 0 Å². The molecule has 1 aliphatic rings. The molecule has 1 unspecified atom stereocenters. The zero-order valence-electron chi connectivity index (χ0n) is 16.1. The minimum Gasteiger partial charge on any atom is -0.487 e. The number of benzene rings is 2. The van der Waals surface area contributed by atoms with E-state index in [1.54, 1.807) is 0 Å². The van der Waals surface area contributed by atoms with Gasteiger partial charge < -0.3 is 4.74 Å². The lowest BCUT2D eigenvalue weighted by Crippen LogP contribution is -2.10. The summed E-state index contributed by atoms with van der Waals surface area (Å²) >= 11 is 0. The van der Waals surface area contributed by atoms with E-state index in [0.717, 1.165) is 40.8 Å². The molecule has 1 fully saturated rings. The summed E-state index contributed by atoms with van der Waals surface area (Å²) in [4.78, 5) is 16.2. The summed E-state index contributed by atoms with van der Waals surface area (Å²) in [5.74, 6) is 1.15. The Morgan fingerprint density at radius 3 is 2.43 bits per heavy atom. The Bertz CT molecular complexity index is 915. The first-order chi connectivity index (χ1) is 13.8. The number of rotatable bonds is 6. The van der Waals surface area contributed by atoms with Crippen molar-refractivity contribution in [2.75, 3.05) is 0 Å². The van der Waals surface area contributed by atoms with Crippen LogP contribution in [0, 0.1) is 10.8 Å². The van der Waals surface area contributed by atoms with E-state index in [9.17, 15) is 4.91 Å². The molecule has 2 aromatic carbocycles. The third-order valence-electron chi connectivity index (χ3n) is 5.72. The molecule has 1 saturated carbocycles. The smallest absolute Gasteiger partial charge is 0.130 e. The molecular formula is C24H26N2O2. The number of nitrogens with zero attached hydrogens (tertiary/aromatic N) is 2. The predicted octanol–water partition coefficient (Wildman–Crippen LogP) is 6.59. The van der Waals surface area contributed by atoms with Gasteiger partial charge in [-0.1, -0.05) is 67.3 Å². The van der Waals surface area contributed by atoms with Gasteiger partial charge in [0.15, 0.2) is 0 Å². The van der Waals surface area contributed by atoms with Crippen molar-refractivity contribution in [3.05, 3.63) is 76.8 Å². The molecule has 4 nitrogen and oxygen atoms in total. The lowest BCUT2D eigenvalue weighted by molar-refractivity contribution is 0.301. The van der Waals surface area contributed by atoms with Gasteiger partial charge in [0, 0.05) is 5.39 Å². The van der Waals surface area contributed by atoms with Crippen LogP contribution >= 0.6 is 0 Å². The maximum absolute atomic E-state index is 11.5. The van der Waals surface area contributed by atoms with E-state index in [-0.39, 0.29) is 6.04 Å². The number of aromatic nitrogens is 1. The van der Waals surface area contributed by atoms with E-state index in [0.29, 0.717) is 12.5 Å². The van der Waals surface area contributed by atoms with Crippen molar-refractivity contribution in [2.24, 2.45) is 11.1 Å². The summed E-state index contributed by atoms with van der Waals surface area (Å²) in [5.41, 5.74) is 2.87. The van der Waals surface area contributed by atoms with Crippen LogP contribution in [0.2, 0.25) is 0 Å². The van der Waals surface area contributed by atoms with Gasteiger partial charge in [-0.15, -0.1) is 0 Å². The Morgan fingerprint density at radius 2 is 1.68 bits per heavy atom. The first-order valence-electron chi connectivity index (χ1n) is 10.2. The molecule has 0 spiro atoms. The summed E-state index contributed by atoms with van der Waals surface area (Å²) in [5, 5.41) is 4.60. The summed E-state index contributed by atoms with van der Waals surface area (Å²) in [6.45, 7) is 0.419. The first-order valence-corrected chi connectivity index (χ1v) is 10.2. The lowest BCUT2D eigenvalue weighted by atomic mass is 9.88. The molecule has 144 valence electrons. The molecule has 4 rings (SSSR count). The van der Waals surface area contributed by atoms with Crippen LogP contribution in [0.5, 0.6) is 5.75 Å². The van der Waals surface area contributed by atoms with Gasteiger partial charge in [-0.05, 0) is 48.6 Å². The average molecular weight is 374 g/mol. The van der Waals surface area contributed by atoms with Crippen LogP contribution in [0.1, 0.15) is 55.8 Å². The molecule has 1 atom stereocenters. The normalized spacial score (nSPS) is 16.4. The zero-order valence-corrected chi connectivity index (χ0v) is 16.1. The average Bonchev–Trinajstić information content (AvgIpc) is 3.03. The Morgan fingerprint density at radius 1 is 0.929 bits per heavy atom. The van der Waals surface area contributed by atoms with Crippen LogP contribution in [0.4, 0.5) is 0 Å². The van der Waals surface area contributed by atoms with Crippen molar-refractivity contribution in [2.45, 2.75) is 51.2 Å². The van der Waals surface area contributed by atoms with E-state index in [1.807, 2.05) is 48.5 Å². The number of nitroso groups, excluding NO2 is 1. The number of hydrogen-bond donors (Lipinski definition) is 0. The highest BCUT2D eigenvalue weighted by molar-refractivity contribution is 5.78. The molecule has 0 bridgehead atoms. The second-order valence-electron chi connectivity index (χ2n) is 7.65. The van der Waals surface area contributed by atoms with Crippen LogP contribution in [0.15, 0.2) is 65.8 Å². The summed E-state index contributed by atoms with van der Waals surface area (Å²) in [7, 11) is 0. The topological polar surface area (TPSA) is 51.5 Å². The van der Waals surface area contributed by atoms with Gasteiger partial charge in [-0.25, -0.2) is 4.98 Å². The van der Waals surface area contributed by atoms with Gasteiger partial charge >= 0.3 is 0 Å². The molecule has 4 heteroatoms. The number of hydrogen-bond acceptors (Lipinski definition) is 4. The van der Waals surface area contributed by atoms with E-state index < -0.39 is 0 Å². The molecule has 0 saturated heterocycles. The molecule has 0 radical (unpaired) electrons. The van der Waals surface area contributed by atoms with Crippen molar-refractivity contribution in [1.29, 1.82) is 0 Å². The van der Waals surface area contributed by atoms with Gasteiger partial charge in [0.05, 0.1) is 11.2 Å². The third kappa shape index (κ3) is 4.38.